The summed E-state index contributed by atoms with van der Waals surface area (Å²) in [5.41, 5.74) is -0.698. The molecule has 1 aliphatic carbocycles. The molecule has 0 radical (unpaired) electrons. The van der Waals surface area contributed by atoms with Crippen molar-refractivity contribution in [3.05, 3.63) is 24.2 Å². The van der Waals surface area contributed by atoms with Crippen molar-refractivity contribution in [2.75, 3.05) is 6.26 Å². The molecule has 0 aliphatic heterocycles. The van der Waals surface area contributed by atoms with Gasteiger partial charge in [-0.2, -0.15) is 0 Å². The van der Waals surface area contributed by atoms with E-state index in [-0.39, 0.29) is 0 Å². The van der Waals surface area contributed by atoms with Gasteiger partial charge < -0.3 is 9.52 Å². The van der Waals surface area contributed by atoms with Crippen LogP contribution in [0.5, 0.6) is 0 Å². The lowest BCUT2D eigenvalue weighted by atomic mass is 9.95. The van der Waals surface area contributed by atoms with Crippen molar-refractivity contribution < 1.29 is 17.9 Å². The van der Waals surface area contributed by atoms with E-state index in [1.165, 1.54) is 18.8 Å². The summed E-state index contributed by atoms with van der Waals surface area (Å²) in [6, 6.07) is 1.63. The Balaban J connectivity index is 2.44. The first kappa shape index (κ1) is 10.7. The van der Waals surface area contributed by atoms with Gasteiger partial charge in [-0.15, -0.1) is 0 Å². The van der Waals surface area contributed by atoms with Crippen molar-refractivity contribution in [3.63, 3.8) is 0 Å². The molecule has 2 unspecified atom stereocenters. The van der Waals surface area contributed by atoms with E-state index in [2.05, 4.69) is 0 Å². The number of rotatable bonds is 2. The van der Waals surface area contributed by atoms with E-state index < -0.39 is 20.7 Å². The molecule has 2 atom stereocenters. The average molecular weight is 230 g/mol. The lowest BCUT2D eigenvalue weighted by Gasteiger charge is -2.27. The second kappa shape index (κ2) is 3.35. The summed E-state index contributed by atoms with van der Waals surface area (Å²) in [5, 5.41) is 9.70. The van der Waals surface area contributed by atoms with E-state index in [1.807, 2.05) is 0 Å². The SMILES string of the molecule is CS(=O)(=O)C1CCCC1(O)c1ccoc1. The molecule has 4 nitrogen and oxygen atoms in total. The van der Waals surface area contributed by atoms with Gasteiger partial charge in [0.15, 0.2) is 9.84 Å². The van der Waals surface area contributed by atoms with E-state index in [0.717, 1.165) is 6.42 Å². The Morgan fingerprint density at radius 3 is 2.87 bits per heavy atom. The number of hydrogen-bond acceptors (Lipinski definition) is 4. The van der Waals surface area contributed by atoms with Crippen LogP contribution < -0.4 is 0 Å². The third-order valence-corrected chi connectivity index (χ3v) is 4.75. The fraction of sp³-hybridized carbons (Fsp3) is 0.600. The van der Waals surface area contributed by atoms with Crippen LogP contribution in [0.1, 0.15) is 24.8 Å². The zero-order valence-corrected chi connectivity index (χ0v) is 9.33. The second-order valence-electron chi connectivity index (χ2n) is 4.15. The number of hydrogen-bond donors (Lipinski definition) is 1. The summed E-state index contributed by atoms with van der Waals surface area (Å²) in [5.74, 6) is 0. The van der Waals surface area contributed by atoms with Crippen LogP contribution in [0.4, 0.5) is 0 Å². The van der Waals surface area contributed by atoms with Gasteiger partial charge in [0.1, 0.15) is 5.60 Å². The molecule has 1 aromatic rings. The molecule has 1 aromatic heterocycles. The molecular formula is C10H14O4S. The first-order valence-electron chi connectivity index (χ1n) is 4.88. The minimum atomic E-state index is -3.23. The van der Waals surface area contributed by atoms with Crippen molar-refractivity contribution in [2.45, 2.75) is 30.1 Å². The molecule has 2 rings (SSSR count). The first-order chi connectivity index (χ1) is 6.94. The summed E-state index contributed by atoms with van der Waals surface area (Å²) >= 11 is 0. The van der Waals surface area contributed by atoms with E-state index in [1.54, 1.807) is 6.07 Å². The predicted molar refractivity (Wildman–Crippen MR) is 55.1 cm³/mol. The van der Waals surface area contributed by atoms with Gasteiger partial charge in [0.2, 0.25) is 0 Å². The lowest BCUT2D eigenvalue weighted by Crippen LogP contribution is -2.39. The molecule has 15 heavy (non-hydrogen) atoms. The van der Waals surface area contributed by atoms with Crippen LogP contribution in [-0.4, -0.2) is 25.0 Å². The smallest absolute Gasteiger partial charge is 0.153 e. The standard InChI is InChI=1S/C10H14O4S/c1-15(12,13)9-3-2-5-10(9,11)8-4-6-14-7-8/h4,6-7,9,11H,2-3,5H2,1H3. The monoisotopic (exact) mass is 230 g/mol. The largest absolute Gasteiger partial charge is 0.472 e. The summed E-state index contributed by atoms with van der Waals surface area (Å²) in [6.45, 7) is 0. The Kier molecular flexibility index (Phi) is 2.39. The van der Waals surface area contributed by atoms with Crippen LogP contribution in [0.15, 0.2) is 23.0 Å². The number of sulfone groups is 1. The molecule has 84 valence electrons. The molecule has 1 N–H and O–H groups in total. The van der Waals surface area contributed by atoms with Gasteiger partial charge in [0.05, 0.1) is 17.8 Å². The summed E-state index contributed by atoms with van der Waals surface area (Å²) in [6.07, 6.45) is 5.76. The van der Waals surface area contributed by atoms with Crippen molar-refractivity contribution in [1.29, 1.82) is 0 Å². The minimum Gasteiger partial charge on any atom is -0.472 e. The molecule has 1 fully saturated rings. The topological polar surface area (TPSA) is 67.5 Å². The second-order valence-corrected chi connectivity index (χ2v) is 6.37. The molecule has 0 bridgehead atoms. The normalized spacial score (nSPS) is 32.0. The van der Waals surface area contributed by atoms with E-state index in [0.29, 0.717) is 18.4 Å². The zero-order valence-electron chi connectivity index (χ0n) is 8.51. The highest BCUT2D eigenvalue weighted by Crippen LogP contribution is 2.42. The van der Waals surface area contributed by atoms with Crippen LogP contribution in [0, 0.1) is 0 Å². The highest BCUT2D eigenvalue weighted by Gasteiger charge is 2.48. The molecule has 1 heterocycles. The maximum atomic E-state index is 11.6. The Bertz CT molecular complexity index is 434. The van der Waals surface area contributed by atoms with Crippen molar-refractivity contribution in [2.24, 2.45) is 0 Å². The Morgan fingerprint density at radius 2 is 2.33 bits per heavy atom. The molecule has 0 amide bonds. The van der Waals surface area contributed by atoms with Gasteiger partial charge in [-0.1, -0.05) is 0 Å². The molecule has 0 spiro atoms. The maximum absolute atomic E-state index is 11.6. The highest BCUT2D eigenvalue weighted by molar-refractivity contribution is 7.91. The van der Waals surface area contributed by atoms with Gasteiger partial charge in [-0.3, -0.25) is 0 Å². The van der Waals surface area contributed by atoms with Crippen molar-refractivity contribution in [3.8, 4) is 0 Å². The van der Waals surface area contributed by atoms with Crippen LogP contribution in [0.25, 0.3) is 0 Å². The van der Waals surface area contributed by atoms with E-state index in [4.69, 9.17) is 4.42 Å². The van der Waals surface area contributed by atoms with Crippen LogP contribution in [0.3, 0.4) is 0 Å². The molecule has 0 aromatic carbocycles. The fourth-order valence-electron chi connectivity index (χ4n) is 2.37. The minimum absolute atomic E-state index is 0.476. The first-order valence-corrected chi connectivity index (χ1v) is 6.84. The predicted octanol–water partition coefficient (Wildman–Crippen LogP) is 1.06. The Hall–Kier alpha value is -0.810. The van der Waals surface area contributed by atoms with Gasteiger partial charge in [-0.05, 0) is 25.3 Å². The number of furan rings is 1. The maximum Gasteiger partial charge on any atom is 0.153 e. The summed E-state index contributed by atoms with van der Waals surface area (Å²) < 4.78 is 28.0. The van der Waals surface area contributed by atoms with Crippen molar-refractivity contribution in [1.82, 2.24) is 0 Å². The van der Waals surface area contributed by atoms with Crippen molar-refractivity contribution >= 4 is 9.84 Å². The summed E-state index contributed by atoms with van der Waals surface area (Å²) in [4.78, 5) is 0. The third-order valence-electron chi connectivity index (χ3n) is 3.09. The number of aliphatic hydroxyl groups is 1. The molecule has 1 aliphatic rings. The molecule has 5 heteroatoms. The van der Waals surface area contributed by atoms with Crippen LogP contribution >= 0.6 is 0 Å². The van der Waals surface area contributed by atoms with E-state index >= 15 is 0 Å². The van der Waals surface area contributed by atoms with Gasteiger partial charge in [0, 0.05) is 11.8 Å². The van der Waals surface area contributed by atoms with Gasteiger partial charge >= 0.3 is 0 Å². The summed E-state index contributed by atoms with van der Waals surface area (Å²) in [7, 11) is -3.23. The van der Waals surface area contributed by atoms with Crippen LogP contribution in [-0.2, 0) is 15.4 Å². The Morgan fingerprint density at radius 1 is 1.60 bits per heavy atom. The fourth-order valence-corrected chi connectivity index (χ4v) is 3.92. The zero-order chi connectivity index (χ0) is 11.1. The molecule has 0 saturated heterocycles. The third kappa shape index (κ3) is 1.70. The average Bonchev–Trinajstić information content (AvgIpc) is 2.69. The van der Waals surface area contributed by atoms with Gasteiger partial charge in [-0.25, -0.2) is 8.42 Å². The lowest BCUT2D eigenvalue weighted by molar-refractivity contribution is 0.0471. The molecular weight excluding hydrogens is 216 g/mol. The Labute approximate surface area is 88.8 Å². The van der Waals surface area contributed by atoms with Gasteiger partial charge in [0.25, 0.3) is 0 Å². The quantitative estimate of drug-likeness (QED) is 0.825. The highest BCUT2D eigenvalue weighted by atomic mass is 32.2. The van der Waals surface area contributed by atoms with Crippen LogP contribution in [0.2, 0.25) is 0 Å². The van der Waals surface area contributed by atoms with E-state index in [9.17, 15) is 13.5 Å². The molecule has 1 saturated carbocycles.